The minimum Gasteiger partial charge on any atom is -0.377 e. The first-order valence-corrected chi connectivity index (χ1v) is 7.65. The van der Waals surface area contributed by atoms with Crippen LogP contribution in [0.5, 0.6) is 0 Å². The van der Waals surface area contributed by atoms with Crippen LogP contribution in [0.3, 0.4) is 0 Å². The molecule has 0 aliphatic heterocycles. The Labute approximate surface area is 145 Å². The first-order chi connectivity index (χ1) is 12.6. The number of methoxy groups -OCH3 is 1. The van der Waals surface area contributed by atoms with Gasteiger partial charge in [0.2, 0.25) is 0 Å². The van der Waals surface area contributed by atoms with E-state index in [0.29, 0.717) is 22.4 Å². The number of fused-ring (bicyclic) bond motifs is 1. The van der Waals surface area contributed by atoms with E-state index in [0.717, 1.165) is 0 Å². The average molecular weight is 354 g/mol. The lowest BCUT2D eigenvalue weighted by atomic mass is 10.2. The molecule has 11 nitrogen and oxygen atoms in total. The van der Waals surface area contributed by atoms with Gasteiger partial charge >= 0.3 is 0 Å². The highest BCUT2D eigenvalue weighted by molar-refractivity contribution is 5.80. The van der Waals surface area contributed by atoms with Crippen molar-refractivity contribution in [2.24, 2.45) is 0 Å². The second-order valence-electron chi connectivity index (χ2n) is 5.51. The number of pyridine rings is 1. The van der Waals surface area contributed by atoms with Gasteiger partial charge in [-0.2, -0.15) is 9.67 Å². The molecule has 0 bridgehead atoms. The number of ether oxygens (including phenoxy) is 1. The predicted molar refractivity (Wildman–Crippen MR) is 90.5 cm³/mol. The van der Waals surface area contributed by atoms with Crippen LogP contribution in [0, 0.1) is 6.92 Å². The van der Waals surface area contributed by atoms with E-state index < -0.39 is 0 Å². The fraction of sp³-hybridized carbons (Fsp3) is 0.200. The number of H-pyrrole nitrogens is 2. The summed E-state index contributed by atoms with van der Waals surface area (Å²) in [5.41, 5.74) is 0.0469. The molecule has 0 spiro atoms. The van der Waals surface area contributed by atoms with Crippen LogP contribution in [0.1, 0.15) is 11.5 Å². The molecule has 2 N–H and O–H groups in total. The Morgan fingerprint density at radius 3 is 2.69 bits per heavy atom. The van der Waals surface area contributed by atoms with Crippen LogP contribution in [0.2, 0.25) is 0 Å². The second-order valence-corrected chi connectivity index (χ2v) is 5.51. The first-order valence-electron chi connectivity index (χ1n) is 7.65. The van der Waals surface area contributed by atoms with E-state index in [1.807, 2.05) is 0 Å². The second kappa shape index (κ2) is 6.04. The van der Waals surface area contributed by atoms with Crippen LogP contribution < -0.4 is 11.1 Å². The summed E-state index contributed by atoms with van der Waals surface area (Å²) in [7, 11) is 1.53. The zero-order valence-electron chi connectivity index (χ0n) is 13.9. The summed E-state index contributed by atoms with van der Waals surface area (Å²) in [5, 5.41) is 9.92. The number of nitrogens with zero attached hydrogens (tertiary/aromatic N) is 6. The number of aromatic amines is 2. The SMILES string of the molecule is COCc1nc(-n2c(C)c3c(=O)n(-c4ncccn4)[nH]c3cc2=O)n[nH]1. The summed E-state index contributed by atoms with van der Waals surface area (Å²) in [4.78, 5) is 37.7. The van der Waals surface area contributed by atoms with E-state index in [1.165, 1.54) is 34.8 Å². The lowest BCUT2D eigenvalue weighted by molar-refractivity contribution is 0.178. The van der Waals surface area contributed by atoms with Gasteiger partial charge < -0.3 is 4.74 Å². The minimum absolute atomic E-state index is 0.143. The molecule has 4 aromatic rings. The summed E-state index contributed by atoms with van der Waals surface area (Å²) < 4.78 is 7.44. The van der Waals surface area contributed by atoms with E-state index in [9.17, 15) is 9.59 Å². The van der Waals surface area contributed by atoms with Crippen LogP contribution in [-0.4, -0.2) is 46.6 Å². The van der Waals surface area contributed by atoms with Crippen LogP contribution in [0.15, 0.2) is 34.1 Å². The molecule has 0 unspecified atom stereocenters. The summed E-state index contributed by atoms with van der Waals surface area (Å²) in [5.74, 6) is 0.801. The quantitative estimate of drug-likeness (QED) is 0.519. The highest BCUT2D eigenvalue weighted by atomic mass is 16.5. The van der Waals surface area contributed by atoms with Crippen molar-refractivity contribution in [2.45, 2.75) is 13.5 Å². The largest absolute Gasteiger partial charge is 0.377 e. The Morgan fingerprint density at radius 2 is 1.96 bits per heavy atom. The van der Waals surface area contributed by atoms with Gasteiger partial charge in [-0.1, -0.05) is 0 Å². The van der Waals surface area contributed by atoms with Gasteiger partial charge in [0.25, 0.3) is 23.0 Å². The maximum absolute atomic E-state index is 12.8. The molecule has 26 heavy (non-hydrogen) atoms. The van der Waals surface area contributed by atoms with Crippen molar-refractivity contribution in [3.8, 4) is 11.9 Å². The number of nitrogens with one attached hydrogen (secondary N) is 2. The van der Waals surface area contributed by atoms with E-state index in [-0.39, 0.29) is 29.6 Å². The van der Waals surface area contributed by atoms with Crippen molar-refractivity contribution in [3.05, 3.63) is 56.8 Å². The van der Waals surface area contributed by atoms with Gasteiger partial charge in [-0.05, 0) is 13.0 Å². The van der Waals surface area contributed by atoms with Crippen LogP contribution in [0.4, 0.5) is 0 Å². The summed E-state index contributed by atoms with van der Waals surface area (Å²) in [6.45, 7) is 1.88. The molecule has 132 valence electrons. The molecule has 4 heterocycles. The van der Waals surface area contributed by atoms with Crippen molar-refractivity contribution in [1.82, 2.24) is 39.5 Å². The molecule has 11 heteroatoms. The molecule has 4 aromatic heterocycles. The zero-order valence-corrected chi connectivity index (χ0v) is 13.9. The lowest BCUT2D eigenvalue weighted by Gasteiger charge is -2.04. The third-order valence-electron chi connectivity index (χ3n) is 3.86. The van der Waals surface area contributed by atoms with E-state index in [4.69, 9.17) is 4.74 Å². The molecule has 4 rings (SSSR count). The van der Waals surface area contributed by atoms with Crippen LogP contribution >= 0.6 is 0 Å². The molecular formula is C15H14N8O3. The number of hydrogen-bond acceptors (Lipinski definition) is 7. The van der Waals surface area contributed by atoms with Crippen LogP contribution in [0.25, 0.3) is 22.8 Å². The van der Waals surface area contributed by atoms with Gasteiger partial charge in [0, 0.05) is 31.3 Å². The molecular weight excluding hydrogens is 340 g/mol. The molecule has 0 radical (unpaired) electrons. The van der Waals surface area contributed by atoms with Gasteiger partial charge in [0.15, 0.2) is 5.82 Å². The summed E-state index contributed by atoms with van der Waals surface area (Å²) >= 11 is 0. The Hall–Kier alpha value is -3.60. The minimum atomic E-state index is -0.375. The fourth-order valence-electron chi connectivity index (χ4n) is 2.76. The smallest absolute Gasteiger partial charge is 0.283 e. The Balaban J connectivity index is 1.95. The topological polar surface area (TPSA) is 136 Å². The maximum Gasteiger partial charge on any atom is 0.283 e. The van der Waals surface area contributed by atoms with Crippen LogP contribution in [-0.2, 0) is 11.3 Å². The molecule has 0 aromatic carbocycles. The molecule has 0 aliphatic carbocycles. The van der Waals surface area contributed by atoms with Gasteiger partial charge in [-0.3, -0.25) is 19.8 Å². The monoisotopic (exact) mass is 354 g/mol. The van der Waals surface area contributed by atoms with Gasteiger partial charge in [0.05, 0.1) is 10.9 Å². The molecule has 0 saturated heterocycles. The van der Waals surface area contributed by atoms with Crippen molar-refractivity contribution in [3.63, 3.8) is 0 Å². The normalized spacial score (nSPS) is 11.3. The lowest BCUT2D eigenvalue weighted by Crippen LogP contribution is -2.23. The maximum atomic E-state index is 12.8. The number of rotatable bonds is 4. The standard InChI is InChI=1S/C15H14N8O3/c1-8-12-9(21-23(13(12)25)14-16-4-3-5-17-14)6-11(24)22(8)15-18-10(7-26-2)19-20-15/h3-6,21H,7H2,1-2H3,(H,18,19,20). The molecule has 0 saturated carbocycles. The fourth-order valence-corrected chi connectivity index (χ4v) is 2.76. The number of aromatic nitrogens is 8. The third-order valence-corrected chi connectivity index (χ3v) is 3.86. The number of aryl methyl sites for hydroxylation is 1. The van der Waals surface area contributed by atoms with Gasteiger partial charge in [-0.25, -0.2) is 14.5 Å². The zero-order chi connectivity index (χ0) is 18.3. The van der Waals surface area contributed by atoms with Crippen molar-refractivity contribution in [2.75, 3.05) is 7.11 Å². The third kappa shape index (κ3) is 2.41. The predicted octanol–water partition coefficient (Wildman–Crippen LogP) is -0.167. The molecule has 0 aliphatic rings. The highest BCUT2D eigenvalue weighted by Gasteiger charge is 2.18. The Morgan fingerprint density at radius 1 is 1.19 bits per heavy atom. The van der Waals surface area contributed by atoms with E-state index >= 15 is 0 Å². The van der Waals surface area contributed by atoms with E-state index in [1.54, 1.807) is 13.0 Å². The highest BCUT2D eigenvalue weighted by Crippen LogP contribution is 2.14. The molecule has 0 amide bonds. The molecule has 0 atom stereocenters. The van der Waals surface area contributed by atoms with Crippen molar-refractivity contribution < 1.29 is 4.74 Å². The summed E-state index contributed by atoms with van der Waals surface area (Å²) in [6.07, 6.45) is 3.05. The number of hydrogen-bond donors (Lipinski definition) is 2. The van der Waals surface area contributed by atoms with Gasteiger partial charge in [0.1, 0.15) is 6.61 Å². The first kappa shape index (κ1) is 15.9. The molecule has 0 fully saturated rings. The van der Waals surface area contributed by atoms with E-state index in [2.05, 4.69) is 30.2 Å². The summed E-state index contributed by atoms with van der Waals surface area (Å²) in [6, 6.07) is 2.96. The Kier molecular flexibility index (Phi) is 3.69. The van der Waals surface area contributed by atoms with Crippen molar-refractivity contribution in [1.29, 1.82) is 0 Å². The van der Waals surface area contributed by atoms with Crippen molar-refractivity contribution >= 4 is 10.9 Å². The average Bonchev–Trinajstić information content (AvgIpc) is 3.21. The van der Waals surface area contributed by atoms with Gasteiger partial charge in [-0.15, -0.1) is 5.10 Å². The Bertz CT molecular complexity index is 1200.